The van der Waals surface area contributed by atoms with Crippen molar-refractivity contribution in [2.45, 2.75) is 72.0 Å². The molecule has 0 amide bonds. The van der Waals surface area contributed by atoms with Crippen molar-refractivity contribution in [1.82, 2.24) is 14.7 Å². The van der Waals surface area contributed by atoms with Crippen LogP contribution in [0.4, 0.5) is 11.4 Å². The van der Waals surface area contributed by atoms with Crippen molar-refractivity contribution in [2.75, 3.05) is 88.5 Å². The molecule has 3 fully saturated rings. The van der Waals surface area contributed by atoms with E-state index in [9.17, 15) is 4.79 Å². The fourth-order valence-electron chi connectivity index (χ4n) is 6.78. The summed E-state index contributed by atoms with van der Waals surface area (Å²) in [5, 5.41) is 0. The smallest absolute Gasteiger partial charge is 0.152 e. The average molecular weight is 514 g/mol. The number of morpholine rings is 1. The van der Waals surface area contributed by atoms with Crippen LogP contribution >= 0.6 is 0 Å². The number of aldehydes is 1. The van der Waals surface area contributed by atoms with Gasteiger partial charge in [-0.25, -0.2) is 0 Å². The summed E-state index contributed by atoms with van der Waals surface area (Å²) >= 11 is 0. The lowest BCUT2D eigenvalue weighted by Crippen LogP contribution is -2.52. The monoisotopic (exact) mass is 513 g/mol. The van der Waals surface area contributed by atoms with Gasteiger partial charge in [0.2, 0.25) is 0 Å². The summed E-state index contributed by atoms with van der Waals surface area (Å²) in [5.41, 5.74) is 4.71. The first kappa shape index (κ1) is 28.3. The fraction of sp³-hybridized carbons (Fsp3) is 0.767. The second-order valence-electron chi connectivity index (χ2n) is 11.0. The van der Waals surface area contributed by atoms with Crippen LogP contribution in [0.2, 0.25) is 0 Å². The lowest BCUT2D eigenvalue weighted by molar-refractivity contribution is 0.0342. The molecular formula is C30H51N5O2. The molecule has 3 heterocycles. The normalized spacial score (nSPS) is 20.8. The zero-order valence-electron chi connectivity index (χ0n) is 24.0. The highest BCUT2D eigenvalue weighted by molar-refractivity contribution is 5.93. The summed E-state index contributed by atoms with van der Waals surface area (Å²) in [5.74, 6) is 0. The van der Waals surface area contributed by atoms with Crippen LogP contribution in [0.5, 0.6) is 0 Å². The van der Waals surface area contributed by atoms with Crippen molar-refractivity contribution >= 4 is 17.7 Å². The second-order valence-corrected chi connectivity index (χ2v) is 11.0. The number of rotatable bonds is 11. The van der Waals surface area contributed by atoms with Crippen molar-refractivity contribution in [3.8, 4) is 0 Å². The highest BCUT2D eigenvalue weighted by Gasteiger charge is 2.30. The van der Waals surface area contributed by atoms with E-state index < -0.39 is 0 Å². The quantitative estimate of drug-likeness (QED) is 0.415. The Kier molecular flexibility index (Phi) is 10.7. The Bertz CT molecular complexity index is 835. The summed E-state index contributed by atoms with van der Waals surface area (Å²) in [7, 11) is 0. The Balaban J connectivity index is 1.63. The summed E-state index contributed by atoms with van der Waals surface area (Å²) in [4.78, 5) is 25.4. The second kappa shape index (κ2) is 13.9. The Hall–Kier alpha value is -1.67. The van der Waals surface area contributed by atoms with Gasteiger partial charge in [0.05, 0.1) is 24.6 Å². The number of nitrogens with zero attached hydrogens (tertiary/aromatic N) is 5. The Morgan fingerprint density at radius 2 is 1.19 bits per heavy atom. The van der Waals surface area contributed by atoms with Crippen LogP contribution < -0.4 is 9.80 Å². The predicted octanol–water partition coefficient (Wildman–Crippen LogP) is 3.95. The number of benzene rings is 1. The topological polar surface area (TPSA) is 42.5 Å². The van der Waals surface area contributed by atoms with Gasteiger partial charge >= 0.3 is 0 Å². The van der Waals surface area contributed by atoms with Gasteiger partial charge in [-0.15, -0.1) is 0 Å². The van der Waals surface area contributed by atoms with E-state index in [1.165, 1.54) is 42.6 Å². The molecule has 208 valence electrons. The fourth-order valence-corrected chi connectivity index (χ4v) is 6.78. The largest absolute Gasteiger partial charge is 0.379 e. The number of hydrogen-bond acceptors (Lipinski definition) is 7. The molecule has 0 N–H and O–H groups in total. The lowest BCUT2D eigenvalue weighted by Gasteiger charge is -2.45. The molecule has 0 saturated carbocycles. The van der Waals surface area contributed by atoms with Gasteiger partial charge in [-0.05, 0) is 37.3 Å². The van der Waals surface area contributed by atoms with Crippen LogP contribution in [-0.4, -0.2) is 112 Å². The van der Waals surface area contributed by atoms with Gasteiger partial charge in [0.15, 0.2) is 6.29 Å². The van der Waals surface area contributed by atoms with Gasteiger partial charge in [0.25, 0.3) is 0 Å². The Morgan fingerprint density at radius 3 is 1.65 bits per heavy atom. The minimum absolute atomic E-state index is 0.665. The number of ether oxygens (including phenoxy) is 1. The van der Waals surface area contributed by atoms with Gasteiger partial charge in [-0.2, -0.15) is 0 Å². The molecular weight excluding hydrogens is 462 g/mol. The van der Waals surface area contributed by atoms with Crippen molar-refractivity contribution in [3.05, 3.63) is 23.3 Å². The maximum Gasteiger partial charge on any atom is 0.152 e. The summed E-state index contributed by atoms with van der Waals surface area (Å²) in [6.07, 6.45) is 5.93. The van der Waals surface area contributed by atoms with Crippen LogP contribution in [0, 0.1) is 0 Å². The van der Waals surface area contributed by atoms with Gasteiger partial charge in [-0.3, -0.25) is 19.5 Å². The zero-order valence-corrected chi connectivity index (χ0v) is 24.0. The van der Waals surface area contributed by atoms with Crippen molar-refractivity contribution in [1.29, 1.82) is 0 Å². The molecule has 1 aromatic carbocycles. The zero-order chi connectivity index (χ0) is 26.2. The highest BCUT2D eigenvalue weighted by atomic mass is 16.5. The van der Waals surface area contributed by atoms with Crippen LogP contribution in [0.15, 0.2) is 12.1 Å². The Labute approximate surface area is 225 Å². The van der Waals surface area contributed by atoms with Crippen LogP contribution in [0.3, 0.4) is 0 Å². The molecule has 0 bridgehead atoms. The third kappa shape index (κ3) is 6.67. The molecule has 0 atom stereocenters. The maximum absolute atomic E-state index is 12.4. The standard InChI is InChI=1S/C30H51N5O2/c1-5-27(6-2)32-11-15-34(16-12-32)29-25(23-31-19-21-37-22-20-31)9-10-26(24-36)30(29)35-17-13-33(14-18-35)28(7-3)8-4/h9-10,24,27-28H,5-8,11-23H2,1-4H3. The highest BCUT2D eigenvalue weighted by Crippen LogP contribution is 2.38. The molecule has 0 unspecified atom stereocenters. The van der Waals surface area contributed by atoms with E-state index in [0.29, 0.717) is 12.1 Å². The number of carbonyl (C=O) groups excluding carboxylic acids is 1. The van der Waals surface area contributed by atoms with Crippen molar-refractivity contribution in [2.24, 2.45) is 0 Å². The molecule has 37 heavy (non-hydrogen) atoms. The molecule has 7 nitrogen and oxygen atoms in total. The lowest BCUT2D eigenvalue weighted by atomic mass is 10.0. The Morgan fingerprint density at radius 1 is 0.703 bits per heavy atom. The van der Waals surface area contributed by atoms with Gasteiger partial charge in [-0.1, -0.05) is 33.8 Å². The van der Waals surface area contributed by atoms with E-state index in [0.717, 1.165) is 97.1 Å². The first-order chi connectivity index (χ1) is 18.1. The van der Waals surface area contributed by atoms with E-state index in [2.05, 4.69) is 64.3 Å². The molecule has 0 aliphatic carbocycles. The molecule has 3 saturated heterocycles. The maximum atomic E-state index is 12.4. The summed E-state index contributed by atoms with van der Waals surface area (Å²) in [6, 6.07) is 5.65. The summed E-state index contributed by atoms with van der Waals surface area (Å²) in [6.45, 7) is 22.1. The van der Waals surface area contributed by atoms with Gasteiger partial charge < -0.3 is 14.5 Å². The SMILES string of the molecule is CCC(CC)N1CCN(c2c(C=O)ccc(CN3CCOCC3)c2N2CCN(C(CC)CC)CC2)CC1. The summed E-state index contributed by atoms with van der Waals surface area (Å²) < 4.78 is 5.63. The van der Waals surface area contributed by atoms with E-state index in [-0.39, 0.29) is 0 Å². The van der Waals surface area contributed by atoms with Gasteiger partial charge in [0.1, 0.15) is 0 Å². The molecule has 3 aliphatic rings. The minimum atomic E-state index is 0.665. The van der Waals surface area contributed by atoms with E-state index in [4.69, 9.17) is 4.74 Å². The third-order valence-corrected chi connectivity index (χ3v) is 9.07. The van der Waals surface area contributed by atoms with Crippen LogP contribution in [0.1, 0.15) is 69.3 Å². The number of anilines is 2. The number of hydrogen-bond donors (Lipinski definition) is 0. The number of piperazine rings is 2. The number of carbonyl (C=O) groups is 1. The van der Waals surface area contributed by atoms with Crippen LogP contribution in [0.25, 0.3) is 0 Å². The first-order valence-corrected chi connectivity index (χ1v) is 15.0. The van der Waals surface area contributed by atoms with E-state index in [1.807, 2.05) is 0 Å². The average Bonchev–Trinajstić information content (AvgIpc) is 2.95. The third-order valence-electron chi connectivity index (χ3n) is 9.07. The molecule has 7 heteroatoms. The first-order valence-electron chi connectivity index (χ1n) is 15.0. The predicted molar refractivity (Wildman–Crippen MR) is 154 cm³/mol. The van der Waals surface area contributed by atoms with Crippen LogP contribution in [-0.2, 0) is 11.3 Å². The molecule has 1 aromatic rings. The molecule has 0 aromatic heterocycles. The van der Waals surface area contributed by atoms with E-state index >= 15 is 0 Å². The van der Waals surface area contributed by atoms with Crippen molar-refractivity contribution < 1.29 is 9.53 Å². The van der Waals surface area contributed by atoms with Gasteiger partial charge in [0, 0.05) is 89.6 Å². The molecule has 0 spiro atoms. The van der Waals surface area contributed by atoms with Crippen molar-refractivity contribution in [3.63, 3.8) is 0 Å². The molecule has 4 rings (SSSR count). The minimum Gasteiger partial charge on any atom is -0.379 e. The van der Waals surface area contributed by atoms with E-state index in [1.54, 1.807) is 0 Å². The molecule has 0 radical (unpaired) electrons. The molecule has 3 aliphatic heterocycles.